The molecule has 3 rings (SSSR count). The molecule has 0 spiro atoms. The maximum atomic E-state index is 4.37. The van der Waals surface area contributed by atoms with Crippen LogP contribution >= 0.6 is 0 Å². The highest BCUT2D eigenvalue weighted by molar-refractivity contribution is 5.55. The van der Waals surface area contributed by atoms with Crippen molar-refractivity contribution in [2.24, 2.45) is 0 Å². The maximum Gasteiger partial charge on any atom is 0.120 e. The van der Waals surface area contributed by atoms with Crippen LogP contribution in [0.4, 0.5) is 0 Å². The lowest BCUT2D eigenvalue weighted by molar-refractivity contribution is 0.660. The molecule has 5 heteroatoms. The van der Waals surface area contributed by atoms with Gasteiger partial charge in [-0.1, -0.05) is 0 Å². The van der Waals surface area contributed by atoms with Crippen LogP contribution in [0, 0.1) is 0 Å². The Bertz CT molecular complexity index is 494. The number of aromatic nitrogens is 4. The average Bonchev–Trinajstić information content (AvgIpc) is 2.89. The minimum absolute atomic E-state index is 0.714. The lowest BCUT2D eigenvalue weighted by Gasteiger charge is -1.97. The summed E-state index contributed by atoms with van der Waals surface area (Å²) >= 11 is 0. The Morgan fingerprint density at radius 3 is 3.06 bits per heavy atom. The highest BCUT2D eigenvalue weighted by Crippen LogP contribution is 2.20. The van der Waals surface area contributed by atoms with Crippen LogP contribution in [0.5, 0.6) is 0 Å². The third-order valence-corrected chi connectivity index (χ3v) is 3.03. The molecule has 2 aromatic heterocycles. The van der Waals surface area contributed by atoms with Gasteiger partial charge in [0.15, 0.2) is 0 Å². The molecule has 2 heterocycles. The number of nitrogens with one attached hydrogen (secondary N) is 2. The first-order valence-corrected chi connectivity index (χ1v) is 6.15. The summed E-state index contributed by atoms with van der Waals surface area (Å²) < 4.78 is 1.91. The van der Waals surface area contributed by atoms with E-state index in [0.29, 0.717) is 6.04 Å². The molecule has 0 amide bonds. The molecule has 0 radical (unpaired) electrons. The van der Waals surface area contributed by atoms with Gasteiger partial charge in [0.2, 0.25) is 0 Å². The Kier molecular flexibility index (Phi) is 2.68. The third kappa shape index (κ3) is 2.39. The summed E-state index contributed by atoms with van der Waals surface area (Å²) in [5, 5.41) is 7.70. The summed E-state index contributed by atoms with van der Waals surface area (Å²) in [4.78, 5) is 7.70. The van der Waals surface area contributed by atoms with Crippen molar-refractivity contribution in [3.05, 3.63) is 24.4 Å². The summed E-state index contributed by atoms with van der Waals surface area (Å²) in [6.45, 7) is 3.80. The van der Waals surface area contributed by atoms with E-state index in [1.54, 1.807) is 0 Å². The van der Waals surface area contributed by atoms with Crippen molar-refractivity contribution < 1.29 is 0 Å². The molecule has 2 N–H and O–H groups in total. The fraction of sp³-hybridized carbons (Fsp3) is 0.500. The zero-order valence-electron chi connectivity index (χ0n) is 9.98. The predicted molar refractivity (Wildman–Crippen MR) is 65.3 cm³/mol. The topological polar surface area (TPSA) is 58.5 Å². The van der Waals surface area contributed by atoms with Crippen LogP contribution in [0.1, 0.15) is 25.6 Å². The normalized spacial score (nSPS) is 15.4. The van der Waals surface area contributed by atoms with Gasteiger partial charge in [-0.25, -0.2) is 4.98 Å². The average molecular weight is 231 g/mol. The molecule has 1 aliphatic carbocycles. The van der Waals surface area contributed by atoms with Gasteiger partial charge in [0, 0.05) is 24.3 Å². The van der Waals surface area contributed by atoms with E-state index in [4.69, 9.17) is 0 Å². The van der Waals surface area contributed by atoms with Crippen molar-refractivity contribution in [3.8, 4) is 11.3 Å². The molecule has 0 aliphatic heterocycles. The second kappa shape index (κ2) is 4.33. The van der Waals surface area contributed by atoms with Crippen LogP contribution in [0.2, 0.25) is 0 Å². The molecule has 17 heavy (non-hydrogen) atoms. The van der Waals surface area contributed by atoms with Gasteiger partial charge >= 0.3 is 0 Å². The molecular formula is C12H17N5. The Labute approximate surface area is 100 Å². The van der Waals surface area contributed by atoms with E-state index in [-0.39, 0.29) is 0 Å². The summed E-state index contributed by atoms with van der Waals surface area (Å²) in [5.41, 5.74) is 2.13. The standard InChI is InChI=1S/C12H17N5/c1-2-17-8-9(5-15-17)11-6-14-12(16-11)7-13-10-3-4-10/h5-6,8,10,13H,2-4,7H2,1H3,(H,14,16). The summed E-state index contributed by atoms with van der Waals surface area (Å²) in [5.74, 6) is 0.996. The molecule has 5 nitrogen and oxygen atoms in total. The van der Waals surface area contributed by atoms with Crippen LogP contribution < -0.4 is 5.32 Å². The summed E-state index contributed by atoms with van der Waals surface area (Å²) in [6.07, 6.45) is 8.38. The van der Waals surface area contributed by atoms with Gasteiger partial charge in [-0.15, -0.1) is 0 Å². The van der Waals surface area contributed by atoms with Crippen LogP contribution in [-0.4, -0.2) is 25.8 Å². The van der Waals surface area contributed by atoms with E-state index in [2.05, 4.69) is 27.3 Å². The Morgan fingerprint density at radius 2 is 2.35 bits per heavy atom. The number of aryl methyl sites for hydroxylation is 1. The lowest BCUT2D eigenvalue weighted by atomic mass is 10.3. The number of nitrogens with zero attached hydrogens (tertiary/aromatic N) is 3. The van der Waals surface area contributed by atoms with Gasteiger partial charge in [-0.2, -0.15) is 5.10 Å². The van der Waals surface area contributed by atoms with Crippen LogP contribution in [0.25, 0.3) is 11.3 Å². The fourth-order valence-electron chi connectivity index (χ4n) is 1.80. The van der Waals surface area contributed by atoms with Crippen molar-refractivity contribution in [1.82, 2.24) is 25.1 Å². The number of rotatable bonds is 5. The molecule has 1 saturated carbocycles. The van der Waals surface area contributed by atoms with Crippen molar-refractivity contribution in [2.45, 2.75) is 38.9 Å². The number of hydrogen-bond acceptors (Lipinski definition) is 3. The van der Waals surface area contributed by atoms with Gasteiger partial charge in [0.25, 0.3) is 0 Å². The Hall–Kier alpha value is -1.62. The summed E-state index contributed by atoms with van der Waals surface area (Å²) in [6, 6.07) is 0.714. The van der Waals surface area contributed by atoms with Gasteiger partial charge in [0.05, 0.1) is 24.6 Å². The molecule has 1 aliphatic rings. The Morgan fingerprint density at radius 1 is 1.47 bits per heavy atom. The summed E-state index contributed by atoms with van der Waals surface area (Å²) in [7, 11) is 0. The van der Waals surface area contributed by atoms with Gasteiger partial charge in [0.1, 0.15) is 5.82 Å². The van der Waals surface area contributed by atoms with Crippen LogP contribution in [0.3, 0.4) is 0 Å². The minimum Gasteiger partial charge on any atom is -0.341 e. The van der Waals surface area contributed by atoms with E-state index in [9.17, 15) is 0 Å². The smallest absolute Gasteiger partial charge is 0.120 e. The highest BCUT2D eigenvalue weighted by Gasteiger charge is 2.20. The van der Waals surface area contributed by atoms with E-state index >= 15 is 0 Å². The maximum absolute atomic E-state index is 4.37. The third-order valence-electron chi connectivity index (χ3n) is 3.03. The number of H-pyrrole nitrogens is 1. The molecule has 1 fully saturated rings. The molecule has 0 unspecified atom stereocenters. The number of hydrogen-bond donors (Lipinski definition) is 2. The fourth-order valence-corrected chi connectivity index (χ4v) is 1.80. The van der Waals surface area contributed by atoms with Gasteiger partial charge < -0.3 is 10.3 Å². The van der Waals surface area contributed by atoms with Crippen molar-refractivity contribution in [3.63, 3.8) is 0 Å². The number of aromatic amines is 1. The minimum atomic E-state index is 0.714. The van der Waals surface area contributed by atoms with Crippen molar-refractivity contribution in [2.75, 3.05) is 0 Å². The van der Waals surface area contributed by atoms with E-state index < -0.39 is 0 Å². The molecule has 0 saturated heterocycles. The van der Waals surface area contributed by atoms with Gasteiger partial charge in [-0.05, 0) is 19.8 Å². The molecule has 90 valence electrons. The second-order valence-electron chi connectivity index (χ2n) is 4.48. The first kappa shape index (κ1) is 10.5. The zero-order valence-corrected chi connectivity index (χ0v) is 9.98. The van der Waals surface area contributed by atoms with E-state index in [0.717, 1.165) is 30.2 Å². The quantitative estimate of drug-likeness (QED) is 0.820. The lowest BCUT2D eigenvalue weighted by Crippen LogP contribution is -2.16. The monoisotopic (exact) mass is 231 g/mol. The zero-order chi connectivity index (χ0) is 11.7. The van der Waals surface area contributed by atoms with Gasteiger partial charge in [-0.3, -0.25) is 4.68 Å². The van der Waals surface area contributed by atoms with Crippen LogP contribution in [0.15, 0.2) is 18.6 Å². The van der Waals surface area contributed by atoms with Crippen molar-refractivity contribution in [1.29, 1.82) is 0 Å². The highest BCUT2D eigenvalue weighted by atomic mass is 15.3. The largest absolute Gasteiger partial charge is 0.341 e. The predicted octanol–water partition coefficient (Wildman–Crippen LogP) is 1.55. The SMILES string of the molecule is CCn1cc(-c2cnc(CNC3CC3)[nH]2)cn1. The first-order chi connectivity index (χ1) is 8.35. The molecule has 0 atom stereocenters. The molecule has 2 aromatic rings. The van der Waals surface area contributed by atoms with E-state index in [1.807, 2.05) is 23.3 Å². The molecular weight excluding hydrogens is 214 g/mol. The van der Waals surface area contributed by atoms with E-state index in [1.165, 1.54) is 12.8 Å². The van der Waals surface area contributed by atoms with Crippen molar-refractivity contribution >= 4 is 0 Å². The molecule has 0 bridgehead atoms. The second-order valence-corrected chi connectivity index (χ2v) is 4.48. The molecule has 0 aromatic carbocycles. The Balaban J connectivity index is 1.69. The number of imidazole rings is 1. The first-order valence-electron chi connectivity index (χ1n) is 6.15. The van der Waals surface area contributed by atoms with Crippen LogP contribution in [-0.2, 0) is 13.1 Å².